The summed E-state index contributed by atoms with van der Waals surface area (Å²) in [6.07, 6.45) is 5.39. The predicted molar refractivity (Wildman–Crippen MR) is 93.5 cm³/mol. The Morgan fingerprint density at radius 2 is 1.87 bits per heavy atom. The van der Waals surface area contributed by atoms with Crippen molar-refractivity contribution in [3.63, 3.8) is 0 Å². The molecule has 0 aromatic carbocycles. The van der Waals surface area contributed by atoms with Gasteiger partial charge in [0.05, 0.1) is 0 Å². The minimum Gasteiger partial charge on any atom is -0.356 e. The molecule has 3 aliphatic rings. The van der Waals surface area contributed by atoms with E-state index in [1.165, 1.54) is 32.5 Å². The Morgan fingerprint density at radius 3 is 2.57 bits per heavy atom. The Balaban J connectivity index is 1.63. The summed E-state index contributed by atoms with van der Waals surface area (Å²) in [6, 6.07) is 1.41. The molecule has 0 unspecified atom stereocenters. The van der Waals surface area contributed by atoms with Crippen molar-refractivity contribution < 1.29 is 4.79 Å². The third-order valence-corrected chi connectivity index (χ3v) is 6.51. The SMILES string of the molecule is CC(C)N1CCC(N2CCN(C)[C@]3(CCNC(=O)CC3)C2)CC1. The van der Waals surface area contributed by atoms with Crippen LogP contribution in [0, 0.1) is 0 Å². The summed E-state index contributed by atoms with van der Waals surface area (Å²) in [5.74, 6) is 0.234. The molecule has 3 saturated heterocycles. The first-order valence-corrected chi connectivity index (χ1v) is 9.46. The Labute approximate surface area is 141 Å². The average Bonchev–Trinajstić information content (AvgIpc) is 2.73. The van der Waals surface area contributed by atoms with Gasteiger partial charge in [0.1, 0.15) is 0 Å². The smallest absolute Gasteiger partial charge is 0.220 e. The van der Waals surface area contributed by atoms with E-state index in [1.54, 1.807) is 0 Å². The van der Waals surface area contributed by atoms with Gasteiger partial charge in [-0.1, -0.05) is 0 Å². The molecule has 23 heavy (non-hydrogen) atoms. The lowest BCUT2D eigenvalue weighted by molar-refractivity contribution is -0.121. The monoisotopic (exact) mass is 322 g/mol. The van der Waals surface area contributed by atoms with Gasteiger partial charge in [0, 0.05) is 50.2 Å². The van der Waals surface area contributed by atoms with Crippen LogP contribution in [0.1, 0.15) is 46.0 Å². The van der Waals surface area contributed by atoms with Crippen LogP contribution in [0.25, 0.3) is 0 Å². The molecule has 5 heteroatoms. The van der Waals surface area contributed by atoms with Crippen molar-refractivity contribution in [3.8, 4) is 0 Å². The van der Waals surface area contributed by atoms with Gasteiger partial charge in [0.15, 0.2) is 0 Å². The first kappa shape index (κ1) is 17.2. The molecule has 0 bridgehead atoms. The van der Waals surface area contributed by atoms with Crippen LogP contribution in [0.5, 0.6) is 0 Å². The lowest BCUT2D eigenvalue weighted by atomic mass is 9.85. The van der Waals surface area contributed by atoms with Crippen molar-refractivity contribution in [2.45, 2.75) is 63.6 Å². The molecule has 0 saturated carbocycles. The second-order valence-corrected chi connectivity index (χ2v) is 8.08. The van der Waals surface area contributed by atoms with E-state index >= 15 is 0 Å². The summed E-state index contributed by atoms with van der Waals surface area (Å²) >= 11 is 0. The highest BCUT2D eigenvalue weighted by molar-refractivity contribution is 5.76. The van der Waals surface area contributed by atoms with Gasteiger partial charge in [0.25, 0.3) is 0 Å². The Bertz CT molecular complexity index is 419. The van der Waals surface area contributed by atoms with Crippen molar-refractivity contribution in [2.24, 2.45) is 0 Å². The third kappa shape index (κ3) is 3.72. The van der Waals surface area contributed by atoms with E-state index in [2.05, 4.69) is 40.9 Å². The maximum absolute atomic E-state index is 11.8. The summed E-state index contributed by atoms with van der Waals surface area (Å²) in [6.45, 7) is 11.4. The second-order valence-electron chi connectivity index (χ2n) is 8.08. The van der Waals surface area contributed by atoms with E-state index in [0.717, 1.165) is 38.5 Å². The standard InChI is InChI=1S/C18H34N4O/c1-15(2)21-10-5-16(6-11-21)22-13-12-20(3)18(14-22)7-4-17(23)19-9-8-18/h15-16H,4-14H2,1-3H3,(H,19,23)/t18-/m1/s1. The fourth-order valence-corrected chi connectivity index (χ4v) is 4.71. The summed E-state index contributed by atoms with van der Waals surface area (Å²) < 4.78 is 0. The van der Waals surface area contributed by atoms with Crippen LogP contribution < -0.4 is 5.32 Å². The molecule has 1 spiro atoms. The maximum Gasteiger partial charge on any atom is 0.220 e. The van der Waals surface area contributed by atoms with Gasteiger partial charge < -0.3 is 10.2 Å². The van der Waals surface area contributed by atoms with Gasteiger partial charge >= 0.3 is 0 Å². The number of nitrogens with zero attached hydrogens (tertiary/aromatic N) is 3. The number of likely N-dealkylation sites (N-methyl/N-ethyl adjacent to an activating group) is 1. The molecular weight excluding hydrogens is 288 g/mol. The zero-order valence-corrected chi connectivity index (χ0v) is 15.2. The predicted octanol–water partition coefficient (Wildman–Crippen LogP) is 1.15. The number of piperidine rings is 1. The lowest BCUT2D eigenvalue weighted by Crippen LogP contribution is -2.63. The fourth-order valence-electron chi connectivity index (χ4n) is 4.71. The number of carbonyl (C=O) groups is 1. The molecule has 0 aromatic heterocycles. The number of hydrogen-bond acceptors (Lipinski definition) is 4. The van der Waals surface area contributed by atoms with E-state index < -0.39 is 0 Å². The molecule has 0 radical (unpaired) electrons. The van der Waals surface area contributed by atoms with Gasteiger partial charge in [-0.3, -0.25) is 14.6 Å². The largest absolute Gasteiger partial charge is 0.356 e. The number of rotatable bonds is 2. The van der Waals surface area contributed by atoms with Gasteiger partial charge in [-0.15, -0.1) is 0 Å². The van der Waals surface area contributed by atoms with Crippen LogP contribution in [-0.2, 0) is 4.79 Å². The number of hydrogen-bond donors (Lipinski definition) is 1. The van der Waals surface area contributed by atoms with Crippen LogP contribution in [0.2, 0.25) is 0 Å². The van der Waals surface area contributed by atoms with Crippen LogP contribution >= 0.6 is 0 Å². The Morgan fingerprint density at radius 1 is 1.13 bits per heavy atom. The van der Waals surface area contributed by atoms with Crippen molar-refractivity contribution in [3.05, 3.63) is 0 Å². The quantitative estimate of drug-likeness (QED) is 0.828. The molecule has 132 valence electrons. The molecule has 3 rings (SSSR count). The number of piperazine rings is 1. The normalized spacial score (nSPS) is 33.1. The van der Waals surface area contributed by atoms with E-state index in [0.29, 0.717) is 12.5 Å². The van der Waals surface area contributed by atoms with Crippen molar-refractivity contribution in [1.29, 1.82) is 0 Å². The van der Waals surface area contributed by atoms with Gasteiger partial charge in [-0.25, -0.2) is 0 Å². The molecule has 5 nitrogen and oxygen atoms in total. The maximum atomic E-state index is 11.8. The minimum atomic E-state index is 0.201. The molecule has 0 aromatic rings. The van der Waals surface area contributed by atoms with Crippen LogP contribution in [0.15, 0.2) is 0 Å². The molecule has 0 aliphatic carbocycles. The molecule has 3 fully saturated rings. The molecule has 1 atom stereocenters. The summed E-state index contributed by atoms with van der Waals surface area (Å²) in [5, 5.41) is 3.06. The average molecular weight is 322 g/mol. The number of likely N-dealkylation sites (tertiary alicyclic amines) is 1. The fraction of sp³-hybridized carbons (Fsp3) is 0.944. The Hall–Kier alpha value is -0.650. The minimum absolute atomic E-state index is 0.201. The topological polar surface area (TPSA) is 38.8 Å². The number of carbonyl (C=O) groups excluding carboxylic acids is 1. The van der Waals surface area contributed by atoms with Crippen molar-refractivity contribution in [1.82, 2.24) is 20.0 Å². The molecular formula is C18H34N4O. The molecule has 1 N–H and O–H groups in total. The highest BCUT2D eigenvalue weighted by Crippen LogP contribution is 2.32. The summed E-state index contributed by atoms with van der Waals surface area (Å²) in [5.41, 5.74) is 0.201. The van der Waals surface area contributed by atoms with Gasteiger partial charge in [-0.05, 0) is 59.7 Å². The van der Waals surface area contributed by atoms with Crippen LogP contribution in [0.3, 0.4) is 0 Å². The van der Waals surface area contributed by atoms with Crippen molar-refractivity contribution >= 4 is 5.91 Å². The number of nitrogens with one attached hydrogen (secondary N) is 1. The van der Waals surface area contributed by atoms with Crippen LogP contribution in [0.4, 0.5) is 0 Å². The van der Waals surface area contributed by atoms with Gasteiger partial charge in [0.2, 0.25) is 5.91 Å². The van der Waals surface area contributed by atoms with Gasteiger partial charge in [-0.2, -0.15) is 0 Å². The van der Waals surface area contributed by atoms with Crippen LogP contribution in [-0.4, -0.2) is 84.5 Å². The van der Waals surface area contributed by atoms with Crippen molar-refractivity contribution in [2.75, 3.05) is 46.3 Å². The van der Waals surface area contributed by atoms with E-state index in [-0.39, 0.29) is 11.4 Å². The Kier molecular flexibility index (Phi) is 5.29. The molecule has 3 heterocycles. The lowest BCUT2D eigenvalue weighted by Gasteiger charge is -2.52. The van der Waals surface area contributed by atoms with E-state index in [1.807, 2.05) is 0 Å². The first-order valence-electron chi connectivity index (χ1n) is 9.46. The molecule has 1 amide bonds. The molecule has 3 aliphatic heterocycles. The summed E-state index contributed by atoms with van der Waals surface area (Å²) in [7, 11) is 2.26. The van der Waals surface area contributed by atoms with E-state index in [4.69, 9.17) is 0 Å². The first-order chi connectivity index (χ1) is 11.0. The second kappa shape index (κ2) is 7.08. The van der Waals surface area contributed by atoms with E-state index in [9.17, 15) is 4.79 Å². The number of amides is 1. The highest BCUT2D eigenvalue weighted by atomic mass is 16.1. The zero-order valence-electron chi connectivity index (χ0n) is 15.2. The summed E-state index contributed by atoms with van der Waals surface area (Å²) in [4.78, 5) is 19.6. The highest BCUT2D eigenvalue weighted by Gasteiger charge is 2.42. The third-order valence-electron chi connectivity index (χ3n) is 6.51. The zero-order chi connectivity index (χ0) is 16.4.